The van der Waals surface area contributed by atoms with Gasteiger partial charge in [0.15, 0.2) is 0 Å². The van der Waals surface area contributed by atoms with Crippen molar-refractivity contribution < 1.29 is 0 Å². The van der Waals surface area contributed by atoms with Crippen LogP contribution in [0.3, 0.4) is 0 Å². The molecule has 0 amide bonds. The Bertz CT molecular complexity index is 570. The molecule has 1 aliphatic heterocycles. The molecule has 0 aliphatic carbocycles. The van der Waals surface area contributed by atoms with Gasteiger partial charge in [-0.05, 0) is 17.2 Å². The predicted octanol–water partition coefficient (Wildman–Crippen LogP) is 2.90. The predicted molar refractivity (Wildman–Crippen MR) is 66.9 cm³/mol. The van der Waals surface area contributed by atoms with E-state index in [1.165, 1.54) is 16.7 Å². The van der Waals surface area contributed by atoms with Crippen molar-refractivity contribution in [3.8, 4) is 11.1 Å². The molecule has 0 radical (unpaired) electrons. The van der Waals surface area contributed by atoms with E-state index < -0.39 is 0 Å². The maximum Gasteiger partial charge on any atom is 0.104 e. The van der Waals surface area contributed by atoms with Crippen LogP contribution in [-0.4, -0.2) is 5.84 Å². The third-order valence-electron chi connectivity index (χ3n) is 2.85. The van der Waals surface area contributed by atoms with Crippen LogP contribution in [0.2, 0.25) is 0 Å². The molecular weight excluding hydrogens is 196 g/mol. The minimum Gasteiger partial charge on any atom is -0.387 e. The van der Waals surface area contributed by atoms with Crippen molar-refractivity contribution in [3.63, 3.8) is 0 Å². The van der Waals surface area contributed by atoms with Gasteiger partial charge in [0.05, 0.1) is 5.69 Å². The third-order valence-corrected chi connectivity index (χ3v) is 2.85. The molecule has 1 heterocycles. The summed E-state index contributed by atoms with van der Waals surface area (Å²) in [6.45, 7) is 0. The Morgan fingerprint density at radius 3 is 2.44 bits per heavy atom. The number of amidine groups is 1. The number of nitrogens with zero attached hydrogens (tertiary/aromatic N) is 1. The molecule has 2 aromatic carbocycles. The van der Waals surface area contributed by atoms with Crippen LogP contribution in [0.1, 0.15) is 5.56 Å². The van der Waals surface area contributed by atoms with Crippen LogP contribution in [-0.2, 0) is 6.42 Å². The molecule has 1 aliphatic rings. The molecule has 2 aromatic rings. The minimum atomic E-state index is 0.678. The first-order chi connectivity index (χ1) is 7.84. The maximum atomic E-state index is 5.91. The lowest BCUT2D eigenvalue weighted by Gasteiger charge is -2.06. The van der Waals surface area contributed by atoms with Gasteiger partial charge in [0.2, 0.25) is 0 Å². The summed E-state index contributed by atoms with van der Waals surface area (Å²) in [5, 5.41) is 0. The Hall–Kier alpha value is -2.09. The van der Waals surface area contributed by atoms with Crippen LogP contribution >= 0.6 is 0 Å². The van der Waals surface area contributed by atoms with E-state index in [0.29, 0.717) is 5.84 Å². The smallest absolute Gasteiger partial charge is 0.104 e. The SMILES string of the molecule is NC1=Nc2ccccc2-c2ccccc2C1. The Morgan fingerprint density at radius 1 is 0.875 bits per heavy atom. The Labute approximate surface area is 94.4 Å². The zero-order valence-electron chi connectivity index (χ0n) is 8.85. The van der Waals surface area contributed by atoms with Crippen LogP contribution in [0.5, 0.6) is 0 Å². The lowest BCUT2D eigenvalue weighted by Crippen LogP contribution is -2.13. The summed E-state index contributed by atoms with van der Waals surface area (Å²) in [7, 11) is 0. The second kappa shape index (κ2) is 3.49. The molecule has 0 bridgehead atoms. The fourth-order valence-electron chi connectivity index (χ4n) is 2.13. The van der Waals surface area contributed by atoms with Gasteiger partial charge in [-0.3, -0.25) is 0 Å². The topological polar surface area (TPSA) is 38.4 Å². The Morgan fingerprint density at radius 2 is 1.56 bits per heavy atom. The molecule has 2 N–H and O–H groups in total. The molecule has 2 heteroatoms. The van der Waals surface area contributed by atoms with E-state index in [2.05, 4.69) is 29.3 Å². The maximum absolute atomic E-state index is 5.91. The summed E-state index contributed by atoms with van der Waals surface area (Å²) >= 11 is 0. The molecule has 2 nitrogen and oxygen atoms in total. The van der Waals surface area contributed by atoms with Gasteiger partial charge in [0.1, 0.15) is 5.84 Å². The highest BCUT2D eigenvalue weighted by molar-refractivity contribution is 5.93. The van der Waals surface area contributed by atoms with Crippen molar-refractivity contribution in [2.45, 2.75) is 6.42 Å². The van der Waals surface area contributed by atoms with Crippen LogP contribution in [0, 0.1) is 0 Å². The van der Waals surface area contributed by atoms with Crippen molar-refractivity contribution >= 4 is 11.5 Å². The van der Waals surface area contributed by atoms with Gasteiger partial charge in [-0.25, -0.2) is 4.99 Å². The van der Waals surface area contributed by atoms with Gasteiger partial charge >= 0.3 is 0 Å². The molecule has 0 unspecified atom stereocenters. The van der Waals surface area contributed by atoms with Gasteiger partial charge in [0.25, 0.3) is 0 Å². The van der Waals surface area contributed by atoms with Gasteiger partial charge in [0, 0.05) is 12.0 Å². The number of hydrogen-bond acceptors (Lipinski definition) is 2. The minimum absolute atomic E-state index is 0.678. The molecule has 0 aromatic heterocycles. The lowest BCUT2D eigenvalue weighted by atomic mass is 9.97. The molecule has 0 atom stereocenters. The first-order valence-corrected chi connectivity index (χ1v) is 5.35. The molecule has 16 heavy (non-hydrogen) atoms. The number of benzene rings is 2. The monoisotopic (exact) mass is 208 g/mol. The molecule has 0 spiro atoms. The van der Waals surface area contributed by atoms with Crippen molar-refractivity contribution in [3.05, 3.63) is 54.1 Å². The van der Waals surface area contributed by atoms with Crippen LogP contribution in [0.25, 0.3) is 11.1 Å². The van der Waals surface area contributed by atoms with Crippen molar-refractivity contribution in [1.29, 1.82) is 0 Å². The summed E-state index contributed by atoms with van der Waals surface area (Å²) in [4.78, 5) is 4.45. The van der Waals surface area contributed by atoms with Crippen molar-refractivity contribution in [1.82, 2.24) is 0 Å². The fraction of sp³-hybridized carbons (Fsp3) is 0.0714. The van der Waals surface area contributed by atoms with Crippen molar-refractivity contribution in [2.24, 2.45) is 10.7 Å². The number of fused-ring (bicyclic) bond motifs is 3. The van der Waals surface area contributed by atoms with Crippen LogP contribution in [0.4, 0.5) is 5.69 Å². The first kappa shape index (κ1) is 9.16. The van der Waals surface area contributed by atoms with Crippen LogP contribution in [0.15, 0.2) is 53.5 Å². The number of para-hydroxylation sites is 1. The lowest BCUT2D eigenvalue weighted by molar-refractivity contribution is 1.30. The Kier molecular flexibility index (Phi) is 2.00. The Balaban J connectivity index is 2.34. The standard InChI is InChI=1S/C14H12N2/c15-14-9-10-5-1-2-6-11(10)12-7-3-4-8-13(12)16-14/h1-8H,9H2,(H2,15,16). The van der Waals surface area contributed by atoms with E-state index in [1.54, 1.807) is 0 Å². The summed E-state index contributed by atoms with van der Waals surface area (Å²) < 4.78 is 0. The summed E-state index contributed by atoms with van der Waals surface area (Å²) in [5.74, 6) is 0.678. The van der Waals surface area contributed by atoms with E-state index in [0.717, 1.165) is 12.1 Å². The average Bonchev–Trinajstić information content (AvgIpc) is 2.44. The van der Waals surface area contributed by atoms with Crippen LogP contribution < -0.4 is 5.73 Å². The molecule has 3 rings (SSSR count). The second-order valence-corrected chi connectivity index (χ2v) is 3.95. The third kappa shape index (κ3) is 1.39. The van der Waals surface area contributed by atoms with Gasteiger partial charge in [-0.2, -0.15) is 0 Å². The van der Waals surface area contributed by atoms with E-state index in [9.17, 15) is 0 Å². The summed E-state index contributed by atoms with van der Waals surface area (Å²) in [6, 6.07) is 16.5. The number of aliphatic imine (C=N–C) groups is 1. The van der Waals surface area contributed by atoms with E-state index >= 15 is 0 Å². The van der Waals surface area contributed by atoms with Gasteiger partial charge in [-0.1, -0.05) is 42.5 Å². The fourth-order valence-corrected chi connectivity index (χ4v) is 2.13. The molecule has 0 saturated carbocycles. The zero-order valence-corrected chi connectivity index (χ0v) is 8.85. The molecule has 0 saturated heterocycles. The van der Waals surface area contributed by atoms with E-state index in [1.807, 2.05) is 24.3 Å². The normalized spacial score (nSPS) is 13.4. The number of nitrogens with two attached hydrogens (primary N) is 1. The largest absolute Gasteiger partial charge is 0.387 e. The summed E-state index contributed by atoms with van der Waals surface area (Å²) in [6.07, 6.45) is 0.727. The average molecular weight is 208 g/mol. The van der Waals surface area contributed by atoms with Gasteiger partial charge in [-0.15, -0.1) is 0 Å². The highest BCUT2D eigenvalue weighted by Crippen LogP contribution is 2.34. The van der Waals surface area contributed by atoms with E-state index in [4.69, 9.17) is 5.73 Å². The quantitative estimate of drug-likeness (QED) is 0.710. The number of rotatable bonds is 0. The van der Waals surface area contributed by atoms with Crippen molar-refractivity contribution in [2.75, 3.05) is 0 Å². The highest BCUT2D eigenvalue weighted by atomic mass is 14.9. The van der Waals surface area contributed by atoms with E-state index in [-0.39, 0.29) is 0 Å². The molecule has 78 valence electrons. The first-order valence-electron chi connectivity index (χ1n) is 5.35. The summed E-state index contributed by atoms with van der Waals surface area (Å²) in [5.41, 5.74) is 10.5. The second-order valence-electron chi connectivity index (χ2n) is 3.95. The molecular formula is C14H12N2. The highest BCUT2D eigenvalue weighted by Gasteiger charge is 2.13. The van der Waals surface area contributed by atoms with Gasteiger partial charge < -0.3 is 5.73 Å². The zero-order chi connectivity index (χ0) is 11.0. The number of hydrogen-bond donors (Lipinski definition) is 1. The molecule has 0 fully saturated rings.